The van der Waals surface area contributed by atoms with E-state index in [0.29, 0.717) is 5.92 Å². The first-order chi connectivity index (χ1) is 3.80. The van der Waals surface area contributed by atoms with Crippen LogP contribution in [-0.2, 0) is 26.2 Å². The summed E-state index contributed by atoms with van der Waals surface area (Å²) in [5.74, 6) is 0.358. The molecule has 1 unspecified atom stereocenters. The molecule has 0 aromatic rings. The summed E-state index contributed by atoms with van der Waals surface area (Å²) < 4.78 is 0. The van der Waals surface area contributed by atoms with E-state index in [4.69, 9.17) is 11.6 Å². The van der Waals surface area contributed by atoms with Crippen LogP contribution in [0.25, 0.3) is 0 Å². The van der Waals surface area contributed by atoms with Crippen LogP contribution in [0, 0.1) is 12.8 Å². The van der Waals surface area contributed by atoms with Crippen molar-refractivity contribution in [2.45, 2.75) is 5.38 Å². The summed E-state index contributed by atoms with van der Waals surface area (Å²) in [4.78, 5) is 0. The van der Waals surface area contributed by atoms with Gasteiger partial charge in [0.05, 0.1) is 0 Å². The molecule has 0 bridgehead atoms. The minimum atomic E-state index is -0.00926. The summed E-state index contributed by atoms with van der Waals surface area (Å²) >= 11 is 5.67. The van der Waals surface area contributed by atoms with E-state index in [2.05, 4.69) is 6.92 Å². The molecule has 1 aliphatic carbocycles. The van der Waals surface area contributed by atoms with Crippen molar-refractivity contribution in [2.75, 3.05) is 0 Å². The number of rotatable bonds is 1. The molecule has 2 heteroatoms. The Bertz CT molecular complexity index is 115. The Morgan fingerprint density at radius 1 is 1.33 bits per heavy atom. The van der Waals surface area contributed by atoms with Gasteiger partial charge < -0.3 is 0 Å². The zero-order valence-electron chi connectivity index (χ0n) is 5.05. The van der Waals surface area contributed by atoms with Gasteiger partial charge in [-0.1, -0.05) is 24.3 Å². The average Bonchev–Trinajstić information content (AvgIpc) is 2.12. The molecule has 0 aliphatic heterocycles. The molecule has 0 saturated carbocycles. The molecule has 0 nitrogen and oxygen atoms in total. The Hall–Kier alpha value is 0.653. The number of halogens is 1. The maximum Gasteiger partial charge on any atom is 0.0434 e. The molecule has 0 aromatic heterocycles. The molecular formula is C7H8ClZr. The number of allylic oxidation sites excluding steroid dienone is 4. The van der Waals surface area contributed by atoms with Crippen LogP contribution in [0.4, 0.5) is 0 Å². The van der Waals surface area contributed by atoms with Gasteiger partial charge in [-0.2, -0.15) is 0 Å². The Morgan fingerprint density at radius 2 is 1.78 bits per heavy atom. The summed E-state index contributed by atoms with van der Waals surface area (Å²) in [6.07, 6.45) is 8.08. The van der Waals surface area contributed by atoms with Crippen molar-refractivity contribution in [3.05, 3.63) is 31.2 Å². The van der Waals surface area contributed by atoms with E-state index in [-0.39, 0.29) is 31.6 Å². The van der Waals surface area contributed by atoms with Gasteiger partial charge in [0.2, 0.25) is 0 Å². The molecule has 9 heavy (non-hydrogen) atoms. The van der Waals surface area contributed by atoms with E-state index in [1.54, 1.807) is 0 Å². The molecule has 1 aliphatic rings. The fourth-order valence-electron chi connectivity index (χ4n) is 0.690. The monoisotopic (exact) mass is 217 g/mol. The maximum atomic E-state index is 5.67. The maximum absolute atomic E-state index is 5.67. The van der Waals surface area contributed by atoms with Gasteiger partial charge in [0.25, 0.3) is 0 Å². The minimum Gasteiger partial charge on any atom is -0.122 e. The summed E-state index contributed by atoms with van der Waals surface area (Å²) in [5.41, 5.74) is 0. The molecule has 47 valence electrons. The van der Waals surface area contributed by atoms with Gasteiger partial charge in [-0.25, -0.2) is 0 Å². The van der Waals surface area contributed by atoms with Crippen molar-refractivity contribution in [2.24, 2.45) is 5.92 Å². The molecule has 1 rings (SSSR count). The molecular weight excluding hydrogens is 211 g/mol. The number of hydrogen-bond acceptors (Lipinski definition) is 0. The van der Waals surface area contributed by atoms with Crippen molar-refractivity contribution < 1.29 is 26.2 Å². The third kappa shape index (κ3) is 2.82. The fraction of sp³-hybridized carbons (Fsp3) is 0.286. The van der Waals surface area contributed by atoms with Crippen LogP contribution in [-0.4, -0.2) is 5.38 Å². The van der Waals surface area contributed by atoms with Gasteiger partial charge >= 0.3 is 0 Å². The van der Waals surface area contributed by atoms with Gasteiger partial charge in [-0.3, -0.25) is 0 Å². The van der Waals surface area contributed by atoms with Crippen molar-refractivity contribution in [1.82, 2.24) is 0 Å². The molecule has 1 radical (unpaired) electrons. The molecule has 0 spiro atoms. The van der Waals surface area contributed by atoms with Crippen molar-refractivity contribution in [1.29, 1.82) is 0 Å². The molecule has 0 N–H and O–H groups in total. The predicted molar refractivity (Wildman–Crippen MR) is 36.8 cm³/mol. The Morgan fingerprint density at radius 3 is 2.00 bits per heavy atom. The number of alkyl halides is 1. The first-order valence-corrected chi connectivity index (χ1v) is 3.06. The molecule has 0 heterocycles. The normalized spacial score (nSPS) is 19.8. The summed E-state index contributed by atoms with van der Waals surface area (Å²) in [6.45, 7) is 3.68. The molecule has 0 aromatic carbocycles. The third-order valence-electron chi connectivity index (χ3n) is 1.20. The van der Waals surface area contributed by atoms with Crippen LogP contribution in [0.1, 0.15) is 0 Å². The van der Waals surface area contributed by atoms with Gasteiger partial charge in [0.1, 0.15) is 0 Å². The van der Waals surface area contributed by atoms with Crippen LogP contribution in [0.15, 0.2) is 24.3 Å². The summed E-state index contributed by atoms with van der Waals surface area (Å²) in [5, 5.41) is -0.00926. The van der Waals surface area contributed by atoms with E-state index in [0.717, 1.165) is 0 Å². The predicted octanol–water partition coefficient (Wildman–Crippen LogP) is 2.17. The second-order valence-corrected chi connectivity index (χ2v) is 2.42. The van der Waals surface area contributed by atoms with Gasteiger partial charge in [-0.05, 0) is 6.92 Å². The smallest absolute Gasteiger partial charge is 0.0434 e. The standard InChI is InChI=1S/C7H8Cl.Zr/c1-6(8)7-4-2-3-5-7;/h2-7H,1H2;. The molecule has 0 amide bonds. The van der Waals surface area contributed by atoms with E-state index >= 15 is 0 Å². The summed E-state index contributed by atoms with van der Waals surface area (Å²) in [6, 6.07) is 0. The van der Waals surface area contributed by atoms with E-state index in [9.17, 15) is 0 Å². The minimum absolute atomic E-state index is 0. The Kier molecular flexibility index (Phi) is 4.79. The van der Waals surface area contributed by atoms with Crippen molar-refractivity contribution >= 4 is 11.6 Å². The zero-order valence-corrected chi connectivity index (χ0v) is 8.26. The van der Waals surface area contributed by atoms with Crippen molar-refractivity contribution in [3.8, 4) is 0 Å². The van der Waals surface area contributed by atoms with E-state index in [1.807, 2.05) is 24.3 Å². The fourth-order valence-corrected chi connectivity index (χ4v) is 0.858. The zero-order chi connectivity index (χ0) is 5.98. The average molecular weight is 219 g/mol. The molecule has 1 atom stereocenters. The third-order valence-corrected chi connectivity index (χ3v) is 1.49. The van der Waals surface area contributed by atoms with Crippen LogP contribution in [0.2, 0.25) is 0 Å². The molecule has 0 saturated heterocycles. The quantitative estimate of drug-likeness (QED) is 0.592. The first-order valence-electron chi connectivity index (χ1n) is 2.63. The Labute approximate surface area is 80.1 Å². The van der Waals surface area contributed by atoms with Crippen molar-refractivity contribution in [3.63, 3.8) is 0 Å². The van der Waals surface area contributed by atoms with Crippen LogP contribution >= 0.6 is 11.6 Å². The second kappa shape index (κ2) is 4.47. The molecule has 0 fully saturated rings. The van der Waals surface area contributed by atoms with Crippen LogP contribution in [0.5, 0.6) is 0 Å². The first kappa shape index (κ1) is 9.65. The summed E-state index contributed by atoms with van der Waals surface area (Å²) in [7, 11) is 0. The van der Waals surface area contributed by atoms with E-state index in [1.165, 1.54) is 0 Å². The topological polar surface area (TPSA) is 0 Å². The van der Waals surface area contributed by atoms with Crippen LogP contribution in [0.3, 0.4) is 0 Å². The van der Waals surface area contributed by atoms with Gasteiger partial charge in [0.15, 0.2) is 0 Å². The van der Waals surface area contributed by atoms with Crippen LogP contribution < -0.4 is 0 Å². The van der Waals surface area contributed by atoms with Gasteiger partial charge in [-0.15, -0.1) is 11.6 Å². The van der Waals surface area contributed by atoms with Gasteiger partial charge in [0, 0.05) is 37.5 Å². The largest absolute Gasteiger partial charge is 0.122 e. The second-order valence-electron chi connectivity index (χ2n) is 1.86. The SMILES string of the molecule is [CH2]C(Cl)C1C=CC=C1.[Zr]. The number of hydrogen-bond donors (Lipinski definition) is 0. The van der Waals surface area contributed by atoms with E-state index < -0.39 is 0 Å². The Balaban J connectivity index is 0.000000640.